The number of benzene rings is 2. The smallest absolute Gasteiger partial charge is 0.144 e. The number of hydrogen-bond donors (Lipinski definition) is 0. The van der Waals surface area contributed by atoms with Gasteiger partial charge in [0.05, 0.1) is 11.9 Å². The van der Waals surface area contributed by atoms with E-state index in [1.54, 1.807) is 19.9 Å². The average molecular weight is 306 g/mol. The third-order valence-electron chi connectivity index (χ3n) is 4.07. The Morgan fingerprint density at radius 1 is 1.09 bits per heavy atom. The third-order valence-corrected chi connectivity index (χ3v) is 4.07. The van der Waals surface area contributed by atoms with Crippen molar-refractivity contribution in [3.63, 3.8) is 0 Å². The Balaban J connectivity index is 2.00. The second-order valence-corrected chi connectivity index (χ2v) is 5.83. The van der Waals surface area contributed by atoms with E-state index >= 15 is 0 Å². The monoisotopic (exact) mass is 306 g/mol. The van der Waals surface area contributed by atoms with Gasteiger partial charge in [0.15, 0.2) is 0 Å². The van der Waals surface area contributed by atoms with Crippen LogP contribution in [0.25, 0.3) is 33.2 Å². The minimum atomic E-state index is -1.04. The van der Waals surface area contributed by atoms with Gasteiger partial charge in [-0.25, -0.2) is 4.39 Å². The zero-order valence-electron chi connectivity index (χ0n) is 13.9. The molecule has 0 aliphatic heterocycles. The van der Waals surface area contributed by atoms with Crippen molar-refractivity contribution in [3.05, 3.63) is 66.1 Å². The molecule has 0 unspecified atom stereocenters. The number of aromatic nitrogens is 1. The average Bonchev–Trinajstić information content (AvgIpc) is 2.93. The topological polar surface area (TPSA) is 26.0 Å². The Bertz CT molecular complexity index is 1060. The van der Waals surface area contributed by atoms with Gasteiger partial charge in [0, 0.05) is 17.7 Å². The van der Waals surface area contributed by atoms with Gasteiger partial charge < -0.3 is 4.42 Å². The summed E-state index contributed by atoms with van der Waals surface area (Å²) in [5, 5.41) is 2.04. The van der Waals surface area contributed by atoms with Crippen LogP contribution in [0, 0.1) is 5.82 Å². The Kier molecular flexibility index (Phi) is 2.90. The highest BCUT2D eigenvalue weighted by atomic mass is 19.1. The third kappa shape index (κ3) is 2.20. The molecule has 0 saturated carbocycles. The van der Waals surface area contributed by atoms with E-state index in [0.717, 1.165) is 27.5 Å². The first kappa shape index (κ1) is 12.8. The molecule has 0 spiro atoms. The second kappa shape index (κ2) is 5.20. The molecule has 2 aromatic carbocycles. The molecule has 0 radical (unpaired) electrons. The van der Waals surface area contributed by atoms with E-state index in [1.165, 1.54) is 6.20 Å². The number of nitrogens with zero attached hydrogens (tertiary/aromatic N) is 1. The lowest BCUT2D eigenvalue weighted by Crippen LogP contribution is -1.96. The van der Waals surface area contributed by atoms with Crippen molar-refractivity contribution >= 4 is 21.9 Å². The first-order valence-electron chi connectivity index (χ1n) is 8.02. The van der Waals surface area contributed by atoms with Crippen molar-refractivity contribution in [2.24, 2.45) is 0 Å². The van der Waals surface area contributed by atoms with Crippen LogP contribution in [-0.2, 0) is 0 Å². The molecule has 0 atom stereocenters. The molecule has 2 aromatic heterocycles. The van der Waals surface area contributed by atoms with E-state index in [0.29, 0.717) is 11.3 Å². The van der Waals surface area contributed by atoms with Crippen molar-refractivity contribution in [2.75, 3.05) is 0 Å². The van der Waals surface area contributed by atoms with Crippen molar-refractivity contribution in [1.82, 2.24) is 4.98 Å². The molecule has 0 amide bonds. The van der Waals surface area contributed by atoms with Gasteiger partial charge in [0.1, 0.15) is 17.0 Å². The minimum absolute atomic E-state index is 0.320. The number of pyridine rings is 1. The van der Waals surface area contributed by atoms with Crippen molar-refractivity contribution in [1.29, 1.82) is 0 Å². The minimum Gasteiger partial charge on any atom is -0.455 e. The van der Waals surface area contributed by atoms with Gasteiger partial charge >= 0.3 is 0 Å². The van der Waals surface area contributed by atoms with Gasteiger partial charge in [-0.15, -0.1) is 0 Å². The normalized spacial score (nSPS) is 12.7. The SMILES string of the molecule is [2H]C(C)(C)c1cc(-c2cccc3c2oc2ccccc23)ncc1F. The summed E-state index contributed by atoms with van der Waals surface area (Å²) in [6.07, 6.45) is 1.18. The fraction of sp³-hybridized carbons (Fsp3) is 0.150. The molecule has 2 nitrogen and oxygen atoms in total. The molecule has 23 heavy (non-hydrogen) atoms. The van der Waals surface area contributed by atoms with Gasteiger partial charge in [-0.05, 0) is 29.7 Å². The van der Waals surface area contributed by atoms with Crippen LogP contribution in [-0.4, -0.2) is 4.98 Å². The number of para-hydroxylation sites is 2. The Morgan fingerprint density at radius 3 is 2.70 bits per heavy atom. The lowest BCUT2D eigenvalue weighted by atomic mass is 10.00. The van der Waals surface area contributed by atoms with Gasteiger partial charge in [0.25, 0.3) is 0 Å². The molecule has 0 fully saturated rings. The van der Waals surface area contributed by atoms with Gasteiger partial charge in [0.2, 0.25) is 0 Å². The fourth-order valence-corrected chi connectivity index (χ4v) is 2.92. The quantitative estimate of drug-likeness (QED) is 0.460. The summed E-state index contributed by atoms with van der Waals surface area (Å²) in [7, 11) is 0. The molecule has 0 N–H and O–H groups in total. The molecule has 0 aliphatic rings. The van der Waals surface area contributed by atoms with Crippen LogP contribution >= 0.6 is 0 Å². The van der Waals surface area contributed by atoms with Crippen molar-refractivity contribution in [3.8, 4) is 11.3 Å². The summed E-state index contributed by atoms with van der Waals surface area (Å²) in [4.78, 5) is 4.22. The zero-order valence-corrected chi connectivity index (χ0v) is 12.9. The van der Waals surface area contributed by atoms with Gasteiger partial charge in [-0.1, -0.05) is 44.2 Å². The molecule has 2 heterocycles. The molecule has 4 aromatic rings. The summed E-state index contributed by atoms with van der Waals surface area (Å²) in [5.41, 5.74) is 3.26. The van der Waals surface area contributed by atoms with Crippen molar-refractivity contribution < 1.29 is 10.2 Å². The summed E-state index contributed by atoms with van der Waals surface area (Å²) < 4.78 is 28.2. The second-order valence-electron chi connectivity index (χ2n) is 5.83. The number of rotatable bonds is 2. The standard InChI is InChI=1S/C20H16FNO/c1-12(2)16-10-18(22-11-17(16)21)15-8-5-7-14-13-6-3-4-9-19(13)23-20(14)15/h3-12H,1-2H3/i12D. The number of hydrogen-bond acceptors (Lipinski definition) is 2. The molecular weight excluding hydrogens is 289 g/mol. The summed E-state index contributed by atoms with van der Waals surface area (Å²) >= 11 is 0. The zero-order chi connectivity index (χ0) is 16.9. The van der Waals surface area contributed by atoms with Crippen LogP contribution in [0.1, 0.15) is 26.7 Å². The first-order valence-corrected chi connectivity index (χ1v) is 7.52. The molecular formula is C20H16FNO. The van der Waals surface area contributed by atoms with E-state index in [2.05, 4.69) is 4.98 Å². The highest BCUT2D eigenvalue weighted by Crippen LogP contribution is 2.35. The Labute approximate surface area is 135 Å². The molecule has 114 valence electrons. The van der Waals surface area contributed by atoms with Crippen LogP contribution in [0.3, 0.4) is 0 Å². The molecule has 0 bridgehead atoms. The molecule has 4 rings (SSSR count). The summed E-state index contributed by atoms with van der Waals surface area (Å²) in [6.45, 7) is 3.33. The number of halogens is 1. The maximum atomic E-state index is 14.1. The number of furan rings is 1. The van der Waals surface area contributed by atoms with E-state index in [-0.39, 0.29) is 0 Å². The largest absolute Gasteiger partial charge is 0.455 e. The van der Waals surface area contributed by atoms with E-state index < -0.39 is 11.7 Å². The molecule has 0 aliphatic carbocycles. The lowest BCUT2D eigenvalue weighted by molar-refractivity contribution is 0.592. The highest BCUT2D eigenvalue weighted by Gasteiger charge is 2.15. The van der Waals surface area contributed by atoms with Crippen LogP contribution in [0.15, 0.2) is 59.1 Å². The molecule has 0 saturated heterocycles. The highest BCUT2D eigenvalue weighted by molar-refractivity contribution is 6.09. The van der Waals surface area contributed by atoms with E-state index in [4.69, 9.17) is 5.79 Å². The van der Waals surface area contributed by atoms with E-state index in [9.17, 15) is 4.39 Å². The van der Waals surface area contributed by atoms with Crippen molar-refractivity contribution in [2.45, 2.75) is 19.7 Å². The van der Waals surface area contributed by atoms with Gasteiger partial charge in [-0.3, -0.25) is 4.98 Å². The van der Waals surface area contributed by atoms with Gasteiger partial charge in [-0.2, -0.15) is 0 Å². The first-order chi connectivity index (χ1) is 11.4. The van der Waals surface area contributed by atoms with Crippen LogP contribution in [0.4, 0.5) is 4.39 Å². The number of fused-ring (bicyclic) bond motifs is 3. The summed E-state index contributed by atoms with van der Waals surface area (Å²) in [6, 6.07) is 15.3. The Hall–Kier alpha value is -2.68. The van der Waals surface area contributed by atoms with Crippen LogP contribution < -0.4 is 0 Å². The fourth-order valence-electron chi connectivity index (χ4n) is 2.92. The Morgan fingerprint density at radius 2 is 1.87 bits per heavy atom. The summed E-state index contributed by atoms with van der Waals surface area (Å²) in [5.74, 6) is -1.50. The lowest BCUT2D eigenvalue weighted by Gasteiger charge is -2.09. The predicted octanol–water partition coefficient (Wildman–Crippen LogP) is 5.91. The van der Waals surface area contributed by atoms with E-state index in [1.807, 2.05) is 42.5 Å². The maximum Gasteiger partial charge on any atom is 0.144 e. The predicted molar refractivity (Wildman–Crippen MR) is 91.0 cm³/mol. The van der Waals surface area contributed by atoms with Crippen LogP contribution in [0.2, 0.25) is 0 Å². The maximum absolute atomic E-state index is 14.1. The van der Waals surface area contributed by atoms with Crippen LogP contribution in [0.5, 0.6) is 0 Å². The molecule has 3 heteroatoms.